The Hall–Kier alpha value is -3.60. The van der Waals surface area contributed by atoms with Crippen LogP contribution in [0, 0.1) is 0 Å². The van der Waals surface area contributed by atoms with E-state index in [1.54, 1.807) is 11.5 Å². The van der Waals surface area contributed by atoms with Crippen LogP contribution in [0.1, 0.15) is 11.3 Å². The molecule has 6 heteroatoms. The number of nitrogens with zero attached hydrogens (tertiary/aromatic N) is 3. The van der Waals surface area contributed by atoms with E-state index in [1.165, 1.54) is 0 Å². The van der Waals surface area contributed by atoms with Gasteiger partial charge >= 0.3 is 193 Å². The van der Waals surface area contributed by atoms with Crippen molar-refractivity contribution in [3.8, 4) is 22.9 Å². The van der Waals surface area contributed by atoms with Crippen molar-refractivity contribution >= 4 is 29.7 Å². The monoisotopic (exact) mass is 487 g/mol. The topological polar surface area (TPSA) is 59.7 Å². The molecule has 1 N–H and O–H groups in total. The van der Waals surface area contributed by atoms with Gasteiger partial charge in [-0.1, -0.05) is 0 Å². The van der Waals surface area contributed by atoms with Crippen molar-refractivity contribution in [1.29, 1.82) is 0 Å². The van der Waals surface area contributed by atoms with Crippen LogP contribution < -0.4 is 13.8 Å². The number of benzene rings is 3. The van der Waals surface area contributed by atoms with E-state index in [2.05, 4.69) is 12.1 Å². The van der Waals surface area contributed by atoms with E-state index < -0.39 is 0 Å². The summed E-state index contributed by atoms with van der Waals surface area (Å²) < 4.78 is 9.09. The van der Waals surface area contributed by atoms with E-state index >= 15 is 0 Å². The molecular formula is C26H21N3O2Se. The Kier molecular flexibility index (Phi) is 5.63. The van der Waals surface area contributed by atoms with Crippen molar-refractivity contribution in [3.63, 3.8) is 0 Å². The van der Waals surface area contributed by atoms with Gasteiger partial charge < -0.3 is 0 Å². The molecule has 2 heterocycles. The zero-order valence-corrected chi connectivity index (χ0v) is 19.2. The van der Waals surface area contributed by atoms with E-state index in [1.807, 2.05) is 79.0 Å². The van der Waals surface area contributed by atoms with Gasteiger partial charge in [-0.15, -0.1) is 0 Å². The third kappa shape index (κ3) is 4.11. The molecule has 0 saturated carbocycles. The molecule has 0 radical (unpaired) electrons. The molecule has 158 valence electrons. The van der Waals surface area contributed by atoms with Gasteiger partial charge in [-0.2, -0.15) is 0 Å². The van der Waals surface area contributed by atoms with Gasteiger partial charge in [-0.05, 0) is 0 Å². The average Bonchev–Trinajstić information content (AvgIpc) is 3.16. The number of methoxy groups -OCH3 is 1. The Labute approximate surface area is 192 Å². The molecule has 32 heavy (non-hydrogen) atoms. The zero-order valence-electron chi connectivity index (χ0n) is 17.5. The number of fused-ring (bicyclic) bond motifs is 1. The van der Waals surface area contributed by atoms with Crippen LogP contribution in [-0.2, 0) is 6.42 Å². The van der Waals surface area contributed by atoms with Crippen LogP contribution in [0.3, 0.4) is 0 Å². The molecule has 0 saturated heterocycles. The summed E-state index contributed by atoms with van der Waals surface area (Å²) in [5, 5.41) is 11.0. The van der Waals surface area contributed by atoms with Crippen LogP contribution in [-0.4, -0.2) is 41.5 Å². The van der Waals surface area contributed by atoms with Crippen LogP contribution in [0.15, 0.2) is 91.1 Å². The standard InChI is InChI=1S/C26H21N3O2Se/c1-31-20-12-14-21(15-13-20)32-25-24-27-22(16-18-8-4-2-5-9-18)26(30)29(24)17-23(28-25)19-10-6-3-7-11-19/h2-15,17,30H,16H2,1H3. The quantitative estimate of drug-likeness (QED) is 0.374. The van der Waals surface area contributed by atoms with Crippen molar-refractivity contribution in [2.24, 2.45) is 0 Å². The van der Waals surface area contributed by atoms with E-state index in [-0.39, 0.29) is 20.8 Å². The second-order valence-electron chi connectivity index (χ2n) is 7.31. The number of aromatic hydroxyl groups is 1. The molecule has 5 rings (SSSR count). The number of aromatic nitrogens is 3. The van der Waals surface area contributed by atoms with Crippen molar-refractivity contribution in [1.82, 2.24) is 14.4 Å². The van der Waals surface area contributed by atoms with Crippen LogP contribution in [0.4, 0.5) is 0 Å². The SMILES string of the molecule is COc1ccc([Se]c2nc(-c3ccccc3)cn3c(O)c(Cc4ccccc4)nc23)cc1. The first-order chi connectivity index (χ1) is 15.7. The molecule has 0 aliphatic rings. The normalized spacial score (nSPS) is 11.0. The number of hydrogen-bond donors (Lipinski definition) is 1. The van der Waals surface area contributed by atoms with Gasteiger partial charge in [-0.25, -0.2) is 0 Å². The summed E-state index contributed by atoms with van der Waals surface area (Å²) in [5.41, 5.74) is 4.25. The molecular weight excluding hydrogens is 465 g/mol. The predicted octanol–water partition coefficient (Wildman–Crippen LogP) is 3.36. The second-order valence-corrected chi connectivity index (χ2v) is 9.54. The summed E-state index contributed by atoms with van der Waals surface area (Å²) in [7, 11) is 1.66. The van der Waals surface area contributed by atoms with Crippen LogP contribution >= 0.6 is 0 Å². The fraction of sp³-hybridized carbons (Fsp3) is 0.0769. The third-order valence-corrected chi connectivity index (χ3v) is 7.22. The van der Waals surface area contributed by atoms with E-state index in [0.29, 0.717) is 17.8 Å². The van der Waals surface area contributed by atoms with Gasteiger partial charge in [0.1, 0.15) is 0 Å². The van der Waals surface area contributed by atoms with E-state index in [9.17, 15) is 5.11 Å². The molecule has 0 bridgehead atoms. The fourth-order valence-corrected chi connectivity index (χ4v) is 5.37. The first-order valence-corrected chi connectivity index (χ1v) is 11.9. The van der Waals surface area contributed by atoms with Crippen LogP contribution in [0.2, 0.25) is 0 Å². The van der Waals surface area contributed by atoms with Crippen LogP contribution in [0.25, 0.3) is 16.9 Å². The Bertz CT molecular complexity index is 1350. The summed E-state index contributed by atoms with van der Waals surface area (Å²) in [5.74, 6) is 0.986. The number of hydrogen-bond acceptors (Lipinski definition) is 4. The molecule has 0 aliphatic heterocycles. The van der Waals surface area contributed by atoms with E-state index in [4.69, 9.17) is 14.7 Å². The first kappa shape index (κ1) is 20.3. The number of imidazole rings is 1. The second kappa shape index (κ2) is 8.87. The van der Waals surface area contributed by atoms with Gasteiger partial charge in [0.2, 0.25) is 0 Å². The minimum absolute atomic E-state index is 0.0971. The average molecular weight is 486 g/mol. The summed E-state index contributed by atoms with van der Waals surface area (Å²) in [6, 6.07) is 28.1. The van der Waals surface area contributed by atoms with Crippen molar-refractivity contribution < 1.29 is 9.84 Å². The van der Waals surface area contributed by atoms with Crippen molar-refractivity contribution in [2.75, 3.05) is 7.11 Å². The Morgan fingerprint density at radius 1 is 0.875 bits per heavy atom. The summed E-state index contributed by atoms with van der Waals surface area (Å²) in [6.45, 7) is 0. The minimum atomic E-state index is -0.0971. The van der Waals surface area contributed by atoms with Crippen molar-refractivity contribution in [2.45, 2.75) is 6.42 Å². The van der Waals surface area contributed by atoms with Crippen LogP contribution in [0.5, 0.6) is 11.6 Å². The molecule has 0 aliphatic carbocycles. The zero-order chi connectivity index (χ0) is 21.9. The summed E-state index contributed by atoms with van der Waals surface area (Å²) >= 11 is -0.0971. The molecule has 5 nitrogen and oxygen atoms in total. The van der Waals surface area contributed by atoms with E-state index in [0.717, 1.165) is 31.6 Å². The Balaban J connectivity index is 1.62. The van der Waals surface area contributed by atoms with Gasteiger partial charge in [0.25, 0.3) is 0 Å². The molecule has 5 aromatic rings. The van der Waals surface area contributed by atoms with Crippen molar-refractivity contribution in [3.05, 3.63) is 102 Å². The predicted molar refractivity (Wildman–Crippen MR) is 127 cm³/mol. The maximum atomic E-state index is 11.0. The molecule has 0 spiro atoms. The van der Waals surface area contributed by atoms with Gasteiger partial charge in [-0.3, -0.25) is 0 Å². The third-order valence-electron chi connectivity index (χ3n) is 5.18. The summed E-state index contributed by atoms with van der Waals surface area (Å²) in [4.78, 5) is 9.79. The first-order valence-electron chi connectivity index (χ1n) is 10.2. The number of ether oxygens (including phenoxy) is 1. The molecule has 0 fully saturated rings. The molecule has 3 aromatic carbocycles. The molecule has 0 atom stereocenters. The molecule has 0 unspecified atom stereocenters. The number of rotatable bonds is 6. The van der Waals surface area contributed by atoms with Gasteiger partial charge in [0.05, 0.1) is 0 Å². The Morgan fingerprint density at radius 2 is 1.56 bits per heavy atom. The van der Waals surface area contributed by atoms with Gasteiger partial charge in [0.15, 0.2) is 0 Å². The van der Waals surface area contributed by atoms with Gasteiger partial charge in [0, 0.05) is 0 Å². The summed E-state index contributed by atoms with van der Waals surface area (Å²) in [6.07, 6.45) is 2.43. The Morgan fingerprint density at radius 3 is 2.25 bits per heavy atom. The molecule has 0 amide bonds. The maximum absolute atomic E-state index is 11.0. The molecule has 2 aromatic heterocycles. The fourth-order valence-electron chi connectivity index (χ4n) is 3.53.